The van der Waals surface area contributed by atoms with E-state index in [4.69, 9.17) is 9.84 Å². The van der Waals surface area contributed by atoms with Crippen LogP contribution in [0.15, 0.2) is 0 Å². The van der Waals surface area contributed by atoms with Crippen molar-refractivity contribution in [2.75, 3.05) is 13.2 Å². The van der Waals surface area contributed by atoms with Gasteiger partial charge in [-0.1, -0.05) is 0 Å². The Morgan fingerprint density at radius 1 is 1.29 bits per heavy atom. The van der Waals surface area contributed by atoms with E-state index >= 15 is 0 Å². The van der Waals surface area contributed by atoms with Gasteiger partial charge in [-0.25, -0.2) is 0 Å². The number of carbonyl (C=O) groups is 2. The lowest BCUT2D eigenvalue weighted by Gasteiger charge is -2.39. The van der Waals surface area contributed by atoms with Gasteiger partial charge < -0.3 is 14.7 Å². The first-order valence-electron chi connectivity index (χ1n) is 8.23. The zero-order chi connectivity index (χ0) is 15.2. The molecule has 0 radical (unpaired) electrons. The molecule has 1 unspecified atom stereocenters. The van der Waals surface area contributed by atoms with Gasteiger partial charge in [-0.15, -0.1) is 0 Å². The molecular weight excluding hydrogens is 270 g/mol. The number of rotatable bonds is 7. The van der Waals surface area contributed by atoms with Crippen molar-refractivity contribution in [2.24, 2.45) is 5.92 Å². The fraction of sp³-hybridized carbons (Fsp3) is 0.875. The Morgan fingerprint density at radius 2 is 2.05 bits per heavy atom. The Morgan fingerprint density at radius 3 is 2.71 bits per heavy atom. The first kappa shape index (κ1) is 16.3. The van der Waals surface area contributed by atoms with Crippen molar-refractivity contribution in [1.29, 1.82) is 0 Å². The quantitative estimate of drug-likeness (QED) is 0.783. The summed E-state index contributed by atoms with van der Waals surface area (Å²) in [5.74, 6) is -0.104. The molecule has 1 saturated heterocycles. The minimum Gasteiger partial charge on any atom is -0.481 e. The van der Waals surface area contributed by atoms with Crippen molar-refractivity contribution in [3.8, 4) is 0 Å². The summed E-state index contributed by atoms with van der Waals surface area (Å²) in [6.45, 7) is 3.54. The van der Waals surface area contributed by atoms with Crippen LogP contribution < -0.4 is 0 Å². The summed E-state index contributed by atoms with van der Waals surface area (Å²) >= 11 is 0. The topological polar surface area (TPSA) is 66.8 Å². The smallest absolute Gasteiger partial charge is 0.303 e. The highest BCUT2D eigenvalue weighted by Gasteiger charge is 2.34. The molecule has 0 aromatic heterocycles. The van der Waals surface area contributed by atoms with Gasteiger partial charge in [-0.05, 0) is 51.4 Å². The fourth-order valence-corrected chi connectivity index (χ4v) is 3.50. The van der Waals surface area contributed by atoms with Crippen molar-refractivity contribution >= 4 is 11.9 Å². The molecule has 2 fully saturated rings. The summed E-state index contributed by atoms with van der Waals surface area (Å²) in [5, 5.41) is 8.82. The first-order chi connectivity index (χ1) is 10.1. The maximum Gasteiger partial charge on any atom is 0.303 e. The molecule has 5 nitrogen and oxygen atoms in total. The number of aliphatic carboxylic acids is 1. The van der Waals surface area contributed by atoms with Crippen molar-refractivity contribution in [2.45, 2.75) is 70.4 Å². The summed E-state index contributed by atoms with van der Waals surface area (Å²) in [6, 6.07) is 0.130. The molecule has 1 atom stereocenters. The summed E-state index contributed by atoms with van der Waals surface area (Å²) < 4.78 is 5.53. The van der Waals surface area contributed by atoms with E-state index in [0.29, 0.717) is 24.9 Å². The highest BCUT2D eigenvalue weighted by Crippen LogP contribution is 2.34. The van der Waals surface area contributed by atoms with Crippen LogP contribution in [0.5, 0.6) is 0 Å². The molecule has 1 heterocycles. The number of hydrogen-bond donors (Lipinski definition) is 1. The molecule has 1 saturated carbocycles. The van der Waals surface area contributed by atoms with Crippen LogP contribution in [0, 0.1) is 5.92 Å². The largest absolute Gasteiger partial charge is 0.481 e. The third-order valence-corrected chi connectivity index (χ3v) is 4.70. The van der Waals surface area contributed by atoms with Crippen molar-refractivity contribution in [3.05, 3.63) is 0 Å². The number of carbonyl (C=O) groups excluding carboxylic acids is 1. The van der Waals surface area contributed by atoms with Crippen molar-refractivity contribution in [1.82, 2.24) is 4.90 Å². The van der Waals surface area contributed by atoms with E-state index in [2.05, 4.69) is 0 Å². The van der Waals surface area contributed by atoms with Crippen LogP contribution in [0.25, 0.3) is 0 Å². The van der Waals surface area contributed by atoms with E-state index < -0.39 is 5.97 Å². The van der Waals surface area contributed by atoms with Gasteiger partial charge in [0.25, 0.3) is 0 Å². The van der Waals surface area contributed by atoms with E-state index in [0.717, 1.165) is 45.3 Å². The molecule has 1 amide bonds. The third-order valence-electron chi connectivity index (χ3n) is 4.70. The Kier molecular flexibility index (Phi) is 6.03. The Bertz CT molecular complexity index is 365. The number of amides is 1. The highest BCUT2D eigenvalue weighted by molar-refractivity contribution is 5.77. The number of likely N-dealkylation sites (tertiary alicyclic amines) is 1. The molecule has 2 rings (SSSR count). The summed E-state index contributed by atoms with van der Waals surface area (Å²) in [5.41, 5.74) is 0. The predicted octanol–water partition coefficient (Wildman–Crippen LogP) is 2.44. The number of carboxylic acids is 1. The van der Waals surface area contributed by atoms with Gasteiger partial charge in [-0.3, -0.25) is 9.59 Å². The fourth-order valence-electron chi connectivity index (χ4n) is 3.50. The lowest BCUT2D eigenvalue weighted by molar-refractivity contribution is -0.141. The number of hydrogen-bond acceptors (Lipinski definition) is 3. The van der Waals surface area contributed by atoms with Crippen LogP contribution in [0.3, 0.4) is 0 Å². The van der Waals surface area contributed by atoms with Crippen molar-refractivity contribution < 1.29 is 19.4 Å². The molecule has 0 aromatic carbocycles. The normalized spacial score (nSPS) is 29.0. The molecule has 5 heteroatoms. The molecule has 1 N–H and O–H groups in total. The minimum atomic E-state index is -0.772. The van der Waals surface area contributed by atoms with Gasteiger partial charge in [-0.2, -0.15) is 0 Å². The third kappa shape index (κ3) is 4.70. The van der Waals surface area contributed by atoms with Gasteiger partial charge in [0, 0.05) is 32.0 Å². The lowest BCUT2D eigenvalue weighted by Crippen LogP contribution is -2.45. The second-order valence-corrected chi connectivity index (χ2v) is 6.29. The van der Waals surface area contributed by atoms with E-state index in [1.165, 1.54) is 0 Å². The lowest BCUT2D eigenvalue weighted by atomic mass is 9.79. The van der Waals surface area contributed by atoms with Crippen LogP contribution in [0.4, 0.5) is 0 Å². The van der Waals surface area contributed by atoms with E-state index in [1.807, 2.05) is 11.8 Å². The van der Waals surface area contributed by atoms with Gasteiger partial charge >= 0.3 is 5.97 Å². The molecule has 1 aliphatic carbocycles. The maximum atomic E-state index is 12.5. The van der Waals surface area contributed by atoms with Gasteiger partial charge in [0.1, 0.15) is 0 Å². The van der Waals surface area contributed by atoms with E-state index in [9.17, 15) is 9.59 Å². The number of nitrogens with zero attached hydrogens (tertiary/aromatic N) is 1. The molecule has 21 heavy (non-hydrogen) atoms. The number of piperidine rings is 1. The van der Waals surface area contributed by atoms with Crippen molar-refractivity contribution in [3.63, 3.8) is 0 Å². The van der Waals surface area contributed by atoms with Crippen LogP contribution in [0.1, 0.15) is 58.3 Å². The summed E-state index contributed by atoms with van der Waals surface area (Å²) in [6.07, 6.45) is 6.78. The van der Waals surface area contributed by atoms with Crippen LogP contribution in [-0.2, 0) is 14.3 Å². The molecule has 0 spiro atoms. The maximum absolute atomic E-state index is 12.5. The molecular formula is C16H27NO4. The zero-order valence-electron chi connectivity index (χ0n) is 12.9. The SMILES string of the molecule is CCOC1CC(CC(=O)N2CCCCC2CCC(=O)O)C1. The van der Waals surface area contributed by atoms with Gasteiger partial charge in [0.2, 0.25) is 5.91 Å². The second kappa shape index (κ2) is 7.78. The number of ether oxygens (including phenoxy) is 1. The second-order valence-electron chi connectivity index (χ2n) is 6.29. The predicted molar refractivity (Wildman–Crippen MR) is 79.0 cm³/mol. The van der Waals surface area contributed by atoms with Crippen LogP contribution in [-0.4, -0.2) is 47.2 Å². The summed E-state index contributed by atoms with van der Waals surface area (Å²) in [7, 11) is 0. The highest BCUT2D eigenvalue weighted by atomic mass is 16.5. The zero-order valence-corrected chi connectivity index (χ0v) is 12.9. The van der Waals surface area contributed by atoms with Gasteiger partial charge in [0.15, 0.2) is 0 Å². The minimum absolute atomic E-state index is 0.130. The first-order valence-corrected chi connectivity index (χ1v) is 8.23. The van der Waals surface area contributed by atoms with E-state index in [-0.39, 0.29) is 18.4 Å². The molecule has 1 aliphatic heterocycles. The number of carboxylic acid groups (broad SMARTS) is 1. The molecule has 0 aromatic rings. The Hall–Kier alpha value is -1.10. The Balaban J connectivity index is 1.77. The summed E-state index contributed by atoms with van der Waals surface area (Å²) in [4.78, 5) is 25.1. The van der Waals surface area contributed by atoms with Crippen LogP contribution in [0.2, 0.25) is 0 Å². The standard InChI is InChI=1S/C16H27NO4/c1-2-21-14-9-12(10-14)11-15(18)17-8-4-3-5-13(17)6-7-16(19)20/h12-14H,2-11H2,1H3,(H,19,20). The van der Waals surface area contributed by atoms with Crippen LogP contribution >= 0.6 is 0 Å². The van der Waals surface area contributed by atoms with E-state index in [1.54, 1.807) is 0 Å². The average molecular weight is 297 g/mol. The molecule has 2 aliphatic rings. The average Bonchev–Trinajstić information content (AvgIpc) is 2.43. The monoisotopic (exact) mass is 297 g/mol. The molecule has 0 bridgehead atoms. The van der Waals surface area contributed by atoms with Gasteiger partial charge in [0.05, 0.1) is 6.10 Å². The Labute approximate surface area is 126 Å². The molecule has 120 valence electrons.